The van der Waals surface area contributed by atoms with Gasteiger partial charge in [-0.15, -0.1) is 0 Å². The van der Waals surface area contributed by atoms with E-state index in [0.29, 0.717) is 32.1 Å². The number of piperazine rings is 1. The monoisotopic (exact) mass is 376 g/mol. The van der Waals surface area contributed by atoms with E-state index in [4.69, 9.17) is 0 Å². The van der Waals surface area contributed by atoms with E-state index in [1.165, 1.54) is 5.56 Å². The fraction of sp³-hybridized carbons (Fsp3) is 0.417. The molecule has 3 atom stereocenters. The topological polar surface area (TPSA) is 40.6 Å². The molecule has 2 aromatic rings. The Balaban J connectivity index is 1.32. The second-order valence-electron chi connectivity index (χ2n) is 7.88. The van der Waals surface area contributed by atoms with Crippen LogP contribution >= 0.6 is 0 Å². The van der Waals surface area contributed by atoms with Crippen LogP contribution in [0.1, 0.15) is 42.7 Å². The van der Waals surface area contributed by atoms with Crippen molar-refractivity contribution in [1.29, 1.82) is 0 Å². The molecule has 2 amide bonds. The number of hydrogen-bond acceptors (Lipinski definition) is 2. The Hall–Kier alpha value is -2.62. The molecule has 1 saturated carbocycles. The number of carbonyl (C=O) groups is 2. The lowest BCUT2D eigenvalue weighted by atomic mass is 9.95. The van der Waals surface area contributed by atoms with E-state index >= 15 is 0 Å². The third kappa shape index (κ3) is 3.82. The fourth-order valence-corrected chi connectivity index (χ4v) is 4.38. The SMILES string of the molecule is CCC(C(=O)N1CCN(C(=O)C2CC2c2ccccc2)CC1)c1ccccc1. The molecule has 3 unspecified atom stereocenters. The van der Waals surface area contributed by atoms with Crippen LogP contribution in [0.15, 0.2) is 60.7 Å². The molecule has 1 saturated heterocycles. The first-order valence-electron chi connectivity index (χ1n) is 10.4. The Bertz CT molecular complexity index is 813. The molecule has 2 fully saturated rings. The highest BCUT2D eigenvalue weighted by Crippen LogP contribution is 2.48. The average Bonchev–Trinajstić information content (AvgIpc) is 3.56. The largest absolute Gasteiger partial charge is 0.339 e. The lowest BCUT2D eigenvalue weighted by Gasteiger charge is -2.36. The summed E-state index contributed by atoms with van der Waals surface area (Å²) in [5, 5.41) is 0. The van der Waals surface area contributed by atoms with Crippen LogP contribution < -0.4 is 0 Å². The predicted octanol–water partition coefficient (Wildman–Crippen LogP) is 3.65. The Morgan fingerprint density at radius 3 is 2.07 bits per heavy atom. The fourth-order valence-electron chi connectivity index (χ4n) is 4.38. The van der Waals surface area contributed by atoms with Gasteiger partial charge in [-0.1, -0.05) is 67.6 Å². The van der Waals surface area contributed by atoms with E-state index in [-0.39, 0.29) is 23.7 Å². The van der Waals surface area contributed by atoms with E-state index in [9.17, 15) is 9.59 Å². The molecule has 1 aliphatic heterocycles. The zero-order chi connectivity index (χ0) is 19.5. The minimum atomic E-state index is -0.0886. The van der Waals surface area contributed by atoms with Gasteiger partial charge in [0.05, 0.1) is 5.92 Å². The number of benzene rings is 2. The lowest BCUT2D eigenvalue weighted by molar-refractivity contribution is -0.141. The number of nitrogens with zero attached hydrogens (tertiary/aromatic N) is 2. The van der Waals surface area contributed by atoms with Crippen molar-refractivity contribution in [3.8, 4) is 0 Å². The molecule has 0 radical (unpaired) electrons. The molecule has 4 nitrogen and oxygen atoms in total. The molecular formula is C24H28N2O2. The maximum Gasteiger partial charge on any atom is 0.230 e. The Labute approximate surface area is 167 Å². The number of rotatable bonds is 5. The molecule has 4 heteroatoms. The van der Waals surface area contributed by atoms with Gasteiger partial charge in [0.25, 0.3) is 0 Å². The summed E-state index contributed by atoms with van der Waals surface area (Å²) < 4.78 is 0. The number of hydrogen-bond donors (Lipinski definition) is 0. The summed E-state index contributed by atoms with van der Waals surface area (Å²) in [6.07, 6.45) is 1.75. The molecule has 4 rings (SSSR count). The highest BCUT2D eigenvalue weighted by atomic mass is 16.2. The van der Waals surface area contributed by atoms with Crippen molar-refractivity contribution in [2.75, 3.05) is 26.2 Å². The quantitative estimate of drug-likeness (QED) is 0.799. The van der Waals surface area contributed by atoms with E-state index in [0.717, 1.165) is 18.4 Å². The van der Waals surface area contributed by atoms with Gasteiger partial charge in [-0.2, -0.15) is 0 Å². The smallest absolute Gasteiger partial charge is 0.230 e. The average molecular weight is 377 g/mol. The van der Waals surface area contributed by atoms with Crippen LogP contribution in [0, 0.1) is 5.92 Å². The van der Waals surface area contributed by atoms with Crippen molar-refractivity contribution in [3.05, 3.63) is 71.8 Å². The van der Waals surface area contributed by atoms with E-state index in [1.54, 1.807) is 0 Å². The van der Waals surface area contributed by atoms with Gasteiger partial charge in [-0.25, -0.2) is 0 Å². The minimum Gasteiger partial charge on any atom is -0.339 e. The van der Waals surface area contributed by atoms with E-state index < -0.39 is 0 Å². The third-order valence-corrected chi connectivity index (χ3v) is 6.15. The normalized spacial score (nSPS) is 22.6. The number of carbonyl (C=O) groups excluding carboxylic acids is 2. The molecule has 0 aromatic heterocycles. The van der Waals surface area contributed by atoms with Gasteiger partial charge >= 0.3 is 0 Å². The van der Waals surface area contributed by atoms with Crippen molar-refractivity contribution < 1.29 is 9.59 Å². The second-order valence-corrected chi connectivity index (χ2v) is 7.88. The first-order chi connectivity index (χ1) is 13.7. The van der Waals surface area contributed by atoms with E-state index in [2.05, 4.69) is 19.1 Å². The van der Waals surface area contributed by atoms with Crippen LogP contribution in [0.4, 0.5) is 0 Å². The molecule has 0 bridgehead atoms. The Morgan fingerprint density at radius 2 is 1.46 bits per heavy atom. The van der Waals surface area contributed by atoms with E-state index in [1.807, 2.05) is 58.3 Å². The highest BCUT2D eigenvalue weighted by Gasteiger charge is 2.46. The summed E-state index contributed by atoms with van der Waals surface area (Å²) in [6, 6.07) is 20.3. The maximum absolute atomic E-state index is 13.0. The Kier molecular flexibility index (Phi) is 5.47. The van der Waals surface area contributed by atoms with Gasteiger partial charge < -0.3 is 9.80 Å². The van der Waals surface area contributed by atoms with Crippen LogP contribution in [0.25, 0.3) is 0 Å². The van der Waals surface area contributed by atoms with Crippen molar-refractivity contribution in [3.63, 3.8) is 0 Å². The van der Waals surface area contributed by atoms with Crippen LogP contribution in [0.3, 0.4) is 0 Å². The lowest BCUT2D eigenvalue weighted by Crippen LogP contribution is -2.52. The predicted molar refractivity (Wildman–Crippen MR) is 110 cm³/mol. The van der Waals surface area contributed by atoms with Crippen LogP contribution in [-0.4, -0.2) is 47.8 Å². The summed E-state index contributed by atoms with van der Waals surface area (Å²) >= 11 is 0. The molecule has 2 aliphatic rings. The van der Waals surface area contributed by atoms with Crippen LogP contribution in [-0.2, 0) is 9.59 Å². The second kappa shape index (κ2) is 8.17. The zero-order valence-electron chi connectivity index (χ0n) is 16.5. The van der Waals surface area contributed by atoms with Crippen LogP contribution in [0.5, 0.6) is 0 Å². The number of amides is 2. The molecule has 1 heterocycles. The minimum absolute atomic E-state index is 0.0886. The van der Waals surface area contributed by atoms with Crippen molar-refractivity contribution >= 4 is 11.8 Å². The molecule has 2 aromatic carbocycles. The molecule has 0 N–H and O–H groups in total. The summed E-state index contributed by atoms with van der Waals surface area (Å²) in [7, 11) is 0. The summed E-state index contributed by atoms with van der Waals surface area (Å²) in [5.74, 6) is 0.855. The maximum atomic E-state index is 13.0. The summed E-state index contributed by atoms with van der Waals surface area (Å²) in [4.78, 5) is 29.8. The van der Waals surface area contributed by atoms with Crippen molar-refractivity contribution in [1.82, 2.24) is 9.80 Å². The first kappa shape index (κ1) is 18.7. The van der Waals surface area contributed by atoms with Gasteiger partial charge in [-0.3, -0.25) is 9.59 Å². The third-order valence-electron chi connectivity index (χ3n) is 6.15. The molecule has 0 spiro atoms. The van der Waals surface area contributed by atoms with Crippen molar-refractivity contribution in [2.45, 2.75) is 31.6 Å². The first-order valence-corrected chi connectivity index (χ1v) is 10.4. The van der Waals surface area contributed by atoms with Gasteiger partial charge in [0.15, 0.2) is 0 Å². The summed E-state index contributed by atoms with van der Waals surface area (Å²) in [5.41, 5.74) is 2.35. The van der Waals surface area contributed by atoms with Gasteiger partial charge in [0, 0.05) is 32.1 Å². The molecular weight excluding hydrogens is 348 g/mol. The highest BCUT2D eigenvalue weighted by molar-refractivity contribution is 5.85. The molecule has 28 heavy (non-hydrogen) atoms. The molecule has 1 aliphatic carbocycles. The van der Waals surface area contributed by atoms with Crippen LogP contribution in [0.2, 0.25) is 0 Å². The van der Waals surface area contributed by atoms with Gasteiger partial charge in [0.1, 0.15) is 0 Å². The van der Waals surface area contributed by atoms with Crippen molar-refractivity contribution in [2.24, 2.45) is 5.92 Å². The Morgan fingerprint density at radius 1 is 0.893 bits per heavy atom. The van der Waals surface area contributed by atoms with Gasteiger partial charge in [-0.05, 0) is 29.9 Å². The summed E-state index contributed by atoms with van der Waals surface area (Å²) in [6.45, 7) is 4.63. The van der Waals surface area contributed by atoms with Gasteiger partial charge in [0.2, 0.25) is 11.8 Å². The molecule has 146 valence electrons. The zero-order valence-corrected chi connectivity index (χ0v) is 16.5. The standard InChI is InChI=1S/C24H28N2O2/c1-2-20(18-9-5-3-6-10-18)23(27)25-13-15-26(16-14-25)24(28)22-17-21(22)19-11-7-4-8-12-19/h3-12,20-22H,2,13-17H2,1H3.